The van der Waals surface area contributed by atoms with Gasteiger partial charge in [0.2, 0.25) is 0 Å². The molecule has 158 valence electrons. The van der Waals surface area contributed by atoms with E-state index in [-0.39, 0.29) is 0 Å². The predicted molar refractivity (Wildman–Crippen MR) is 122 cm³/mol. The third kappa shape index (κ3) is 18.8. The van der Waals surface area contributed by atoms with Crippen LogP contribution in [0.3, 0.4) is 0 Å². The molecule has 0 aliphatic carbocycles. The van der Waals surface area contributed by atoms with Gasteiger partial charge < -0.3 is 0 Å². The molecule has 0 aromatic rings. The third-order valence-corrected chi connectivity index (χ3v) is 6.54. The first kappa shape index (κ1) is 26.0. The fourth-order valence-electron chi connectivity index (χ4n) is 4.03. The lowest BCUT2D eigenvalue weighted by Crippen LogP contribution is -2.01. The monoisotopic (exact) mass is 366 g/mol. The van der Waals surface area contributed by atoms with E-state index in [1.807, 2.05) is 0 Å². The van der Waals surface area contributed by atoms with E-state index in [2.05, 4.69) is 34.6 Å². The Kier molecular flexibility index (Phi) is 19.8. The summed E-state index contributed by atoms with van der Waals surface area (Å²) in [5.74, 6) is 2.83. The van der Waals surface area contributed by atoms with Crippen molar-refractivity contribution in [3.63, 3.8) is 0 Å². The molecule has 0 aliphatic rings. The normalized spacial score (nSPS) is 15.1. The van der Waals surface area contributed by atoms with E-state index in [4.69, 9.17) is 0 Å². The summed E-state index contributed by atoms with van der Waals surface area (Å²) in [5, 5.41) is 0. The van der Waals surface area contributed by atoms with E-state index in [1.165, 1.54) is 116 Å². The summed E-state index contributed by atoms with van der Waals surface area (Å²) < 4.78 is 0. The highest BCUT2D eigenvalue weighted by Crippen LogP contribution is 2.22. The SMILES string of the molecule is CCCCCCCCCCCCC(C)CCC(C)CCCCC(C)CC. The number of rotatable bonds is 20. The van der Waals surface area contributed by atoms with Crippen LogP contribution >= 0.6 is 0 Å². The van der Waals surface area contributed by atoms with E-state index < -0.39 is 0 Å². The highest BCUT2D eigenvalue weighted by atomic mass is 14.1. The molecule has 0 rings (SSSR count). The van der Waals surface area contributed by atoms with Crippen LogP contribution in [0.15, 0.2) is 0 Å². The molecule has 0 aromatic carbocycles. The maximum atomic E-state index is 2.49. The Hall–Kier alpha value is 0. The minimum absolute atomic E-state index is 0.936. The molecule has 0 heteroatoms. The summed E-state index contributed by atoms with van der Waals surface area (Å²) in [5.41, 5.74) is 0. The molecule has 0 N–H and O–H groups in total. The van der Waals surface area contributed by atoms with Crippen molar-refractivity contribution in [3.8, 4) is 0 Å². The predicted octanol–water partition coefficient (Wildman–Crippen LogP) is 9.96. The van der Waals surface area contributed by atoms with Crippen molar-refractivity contribution in [1.29, 1.82) is 0 Å². The van der Waals surface area contributed by atoms with Gasteiger partial charge in [-0.15, -0.1) is 0 Å². The van der Waals surface area contributed by atoms with Gasteiger partial charge in [-0.3, -0.25) is 0 Å². The van der Waals surface area contributed by atoms with Gasteiger partial charge in [0, 0.05) is 0 Å². The van der Waals surface area contributed by atoms with Gasteiger partial charge in [-0.2, -0.15) is 0 Å². The zero-order valence-corrected chi connectivity index (χ0v) is 19.5. The third-order valence-electron chi connectivity index (χ3n) is 6.54. The highest BCUT2D eigenvalue weighted by Gasteiger charge is 2.07. The number of hydrogen-bond donors (Lipinski definition) is 0. The van der Waals surface area contributed by atoms with Crippen molar-refractivity contribution < 1.29 is 0 Å². The van der Waals surface area contributed by atoms with Crippen molar-refractivity contribution in [2.24, 2.45) is 17.8 Å². The molecule has 0 radical (unpaired) electrons. The number of unbranched alkanes of at least 4 members (excludes halogenated alkanes) is 10. The van der Waals surface area contributed by atoms with Crippen LogP contribution < -0.4 is 0 Å². The Morgan fingerprint density at radius 3 is 1.15 bits per heavy atom. The van der Waals surface area contributed by atoms with Gasteiger partial charge in [-0.05, 0) is 17.8 Å². The Bertz CT molecular complexity index is 257. The quantitative estimate of drug-likeness (QED) is 0.188. The van der Waals surface area contributed by atoms with Gasteiger partial charge in [0.1, 0.15) is 0 Å². The van der Waals surface area contributed by atoms with Crippen LogP contribution in [0.4, 0.5) is 0 Å². The van der Waals surface area contributed by atoms with Crippen LogP contribution in [-0.4, -0.2) is 0 Å². The molecule has 0 bridgehead atoms. The average molecular weight is 367 g/mol. The van der Waals surface area contributed by atoms with Gasteiger partial charge in [-0.25, -0.2) is 0 Å². The van der Waals surface area contributed by atoms with Gasteiger partial charge in [0.05, 0.1) is 0 Å². The smallest absolute Gasteiger partial charge is 0.0443 e. The van der Waals surface area contributed by atoms with Crippen molar-refractivity contribution in [3.05, 3.63) is 0 Å². The molecule has 0 fully saturated rings. The van der Waals surface area contributed by atoms with Crippen LogP contribution in [-0.2, 0) is 0 Å². The summed E-state index contributed by atoms with van der Waals surface area (Å²) >= 11 is 0. The maximum Gasteiger partial charge on any atom is -0.0443 e. The molecule has 0 spiro atoms. The molecule has 3 unspecified atom stereocenters. The first-order valence-electron chi connectivity index (χ1n) is 12.6. The van der Waals surface area contributed by atoms with Crippen LogP contribution in [0.25, 0.3) is 0 Å². The second kappa shape index (κ2) is 19.8. The summed E-state index contributed by atoms with van der Waals surface area (Å²) in [6, 6.07) is 0. The topological polar surface area (TPSA) is 0 Å². The molecule has 0 saturated carbocycles. The van der Waals surface area contributed by atoms with E-state index in [0.717, 1.165) is 17.8 Å². The van der Waals surface area contributed by atoms with E-state index in [1.54, 1.807) is 0 Å². The molecule has 0 amide bonds. The summed E-state index contributed by atoms with van der Waals surface area (Å²) in [4.78, 5) is 0. The summed E-state index contributed by atoms with van der Waals surface area (Å²) in [6.07, 6.45) is 26.2. The van der Waals surface area contributed by atoms with E-state index >= 15 is 0 Å². The zero-order valence-electron chi connectivity index (χ0n) is 19.5. The first-order valence-corrected chi connectivity index (χ1v) is 12.6. The van der Waals surface area contributed by atoms with Crippen LogP contribution in [0.5, 0.6) is 0 Å². The van der Waals surface area contributed by atoms with Crippen molar-refractivity contribution in [1.82, 2.24) is 0 Å². The van der Waals surface area contributed by atoms with Gasteiger partial charge >= 0.3 is 0 Å². The Labute approximate surface area is 168 Å². The lowest BCUT2D eigenvalue weighted by molar-refractivity contribution is 0.372. The molecular formula is C26H54. The summed E-state index contributed by atoms with van der Waals surface area (Å²) in [6.45, 7) is 12.0. The lowest BCUT2D eigenvalue weighted by atomic mass is 9.90. The maximum absolute atomic E-state index is 2.49. The van der Waals surface area contributed by atoms with Gasteiger partial charge in [0.15, 0.2) is 0 Å². The average Bonchev–Trinajstić information content (AvgIpc) is 2.64. The molecule has 0 heterocycles. The molecule has 26 heavy (non-hydrogen) atoms. The largest absolute Gasteiger partial charge is 0.0654 e. The molecule has 0 saturated heterocycles. The first-order chi connectivity index (χ1) is 12.6. The van der Waals surface area contributed by atoms with Gasteiger partial charge in [0.25, 0.3) is 0 Å². The molecule has 0 aromatic heterocycles. The fraction of sp³-hybridized carbons (Fsp3) is 1.00. The Morgan fingerprint density at radius 2 is 0.731 bits per heavy atom. The lowest BCUT2D eigenvalue weighted by Gasteiger charge is -2.16. The molecular weight excluding hydrogens is 312 g/mol. The van der Waals surface area contributed by atoms with Crippen LogP contribution in [0.1, 0.15) is 150 Å². The molecule has 0 nitrogen and oxygen atoms in total. The Balaban J connectivity index is 3.33. The summed E-state index contributed by atoms with van der Waals surface area (Å²) in [7, 11) is 0. The van der Waals surface area contributed by atoms with Crippen molar-refractivity contribution >= 4 is 0 Å². The molecule has 0 aliphatic heterocycles. The van der Waals surface area contributed by atoms with Crippen LogP contribution in [0, 0.1) is 17.8 Å². The highest BCUT2D eigenvalue weighted by molar-refractivity contribution is 4.60. The minimum atomic E-state index is 0.936. The van der Waals surface area contributed by atoms with Crippen molar-refractivity contribution in [2.75, 3.05) is 0 Å². The van der Waals surface area contributed by atoms with E-state index in [0.29, 0.717) is 0 Å². The Morgan fingerprint density at radius 1 is 0.385 bits per heavy atom. The second-order valence-electron chi connectivity index (χ2n) is 9.56. The van der Waals surface area contributed by atoms with Crippen LogP contribution in [0.2, 0.25) is 0 Å². The van der Waals surface area contributed by atoms with E-state index in [9.17, 15) is 0 Å². The van der Waals surface area contributed by atoms with Crippen molar-refractivity contribution in [2.45, 2.75) is 150 Å². The standard InChI is InChI=1S/C26H54/c1-6-8-9-10-11-12-13-14-15-16-20-25(4)22-23-26(5)21-18-17-19-24(3)7-2/h24-26H,6-23H2,1-5H3. The zero-order chi connectivity index (χ0) is 19.5. The second-order valence-corrected chi connectivity index (χ2v) is 9.56. The minimum Gasteiger partial charge on any atom is -0.0654 e. The van der Waals surface area contributed by atoms with Gasteiger partial charge in [-0.1, -0.05) is 150 Å². The fourth-order valence-corrected chi connectivity index (χ4v) is 4.03. The molecule has 3 atom stereocenters. The number of hydrogen-bond acceptors (Lipinski definition) is 0.